The molecule has 1 atom stereocenters. The lowest BCUT2D eigenvalue weighted by Crippen LogP contribution is -2.32. The Morgan fingerprint density at radius 2 is 2.41 bits per heavy atom. The van der Waals surface area contributed by atoms with E-state index in [4.69, 9.17) is 10.00 Å². The molecule has 1 aromatic carbocycles. The molecule has 0 amide bonds. The Labute approximate surface area is 102 Å². The number of piperidine rings is 1. The smallest absolute Gasteiger partial charge is 0.0991 e. The molecule has 17 heavy (non-hydrogen) atoms. The standard InChI is InChI=1S/C14H18N2O/c15-8-12-3-1-4-13(7-12)10-17-11-14-5-2-6-16-9-14/h1,3-4,7,14,16H,2,5-6,9-11H2. The van der Waals surface area contributed by atoms with Crippen LogP contribution in [0.15, 0.2) is 24.3 Å². The predicted molar refractivity (Wildman–Crippen MR) is 66.4 cm³/mol. The summed E-state index contributed by atoms with van der Waals surface area (Å²) in [6.07, 6.45) is 2.50. The summed E-state index contributed by atoms with van der Waals surface area (Å²) < 4.78 is 5.71. The first-order valence-corrected chi connectivity index (χ1v) is 6.16. The summed E-state index contributed by atoms with van der Waals surface area (Å²) in [7, 11) is 0. The number of benzene rings is 1. The van der Waals surface area contributed by atoms with Crippen molar-refractivity contribution in [2.75, 3.05) is 19.7 Å². The SMILES string of the molecule is N#Cc1cccc(COCC2CCCNC2)c1. The van der Waals surface area contributed by atoms with Crippen LogP contribution >= 0.6 is 0 Å². The van der Waals surface area contributed by atoms with E-state index in [1.807, 2.05) is 24.3 Å². The van der Waals surface area contributed by atoms with Crippen LogP contribution in [0, 0.1) is 17.2 Å². The molecule has 1 aromatic rings. The fraction of sp³-hybridized carbons (Fsp3) is 0.500. The zero-order valence-electron chi connectivity index (χ0n) is 9.98. The van der Waals surface area contributed by atoms with Crippen LogP contribution in [-0.2, 0) is 11.3 Å². The normalized spacial score (nSPS) is 19.8. The van der Waals surface area contributed by atoms with Gasteiger partial charge in [0, 0.05) is 6.54 Å². The number of hydrogen-bond donors (Lipinski definition) is 1. The Kier molecular flexibility index (Phi) is 4.54. The van der Waals surface area contributed by atoms with Gasteiger partial charge < -0.3 is 10.1 Å². The topological polar surface area (TPSA) is 45.0 Å². The van der Waals surface area contributed by atoms with Gasteiger partial charge in [-0.25, -0.2) is 0 Å². The molecule has 0 radical (unpaired) electrons. The van der Waals surface area contributed by atoms with Gasteiger partial charge in [-0.3, -0.25) is 0 Å². The summed E-state index contributed by atoms with van der Waals surface area (Å²) in [6, 6.07) is 9.75. The van der Waals surface area contributed by atoms with Gasteiger partial charge in [0.1, 0.15) is 0 Å². The van der Waals surface area contributed by atoms with E-state index in [9.17, 15) is 0 Å². The maximum atomic E-state index is 8.79. The number of rotatable bonds is 4. The molecule has 1 heterocycles. The van der Waals surface area contributed by atoms with Gasteiger partial charge in [0.25, 0.3) is 0 Å². The Morgan fingerprint density at radius 1 is 1.47 bits per heavy atom. The fourth-order valence-corrected chi connectivity index (χ4v) is 2.14. The molecule has 0 saturated carbocycles. The lowest BCUT2D eigenvalue weighted by molar-refractivity contribution is 0.0783. The molecule has 3 heteroatoms. The van der Waals surface area contributed by atoms with Crippen LogP contribution in [0.4, 0.5) is 0 Å². The van der Waals surface area contributed by atoms with E-state index >= 15 is 0 Å². The monoisotopic (exact) mass is 230 g/mol. The lowest BCUT2D eigenvalue weighted by atomic mass is 10.0. The Bertz CT molecular complexity index is 391. The molecular weight excluding hydrogens is 212 g/mol. The summed E-state index contributed by atoms with van der Waals surface area (Å²) in [5.41, 5.74) is 1.78. The van der Waals surface area contributed by atoms with E-state index < -0.39 is 0 Å². The largest absolute Gasteiger partial charge is 0.376 e. The fourth-order valence-electron chi connectivity index (χ4n) is 2.14. The number of nitriles is 1. The van der Waals surface area contributed by atoms with Crippen LogP contribution < -0.4 is 5.32 Å². The van der Waals surface area contributed by atoms with E-state index in [1.54, 1.807) is 0 Å². The van der Waals surface area contributed by atoms with Gasteiger partial charge in [-0.15, -0.1) is 0 Å². The highest BCUT2D eigenvalue weighted by molar-refractivity contribution is 5.32. The maximum Gasteiger partial charge on any atom is 0.0991 e. The second-order valence-corrected chi connectivity index (χ2v) is 4.54. The Balaban J connectivity index is 1.75. The summed E-state index contributed by atoms with van der Waals surface area (Å²) in [6.45, 7) is 3.62. The van der Waals surface area contributed by atoms with Crippen molar-refractivity contribution < 1.29 is 4.74 Å². The molecule has 1 fully saturated rings. The summed E-state index contributed by atoms with van der Waals surface area (Å²) in [5, 5.41) is 12.2. The first kappa shape index (κ1) is 12.1. The molecule has 1 unspecified atom stereocenters. The third-order valence-electron chi connectivity index (χ3n) is 3.08. The van der Waals surface area contributed by atoms with Gasteiger partial charge >= 0.3 is 0 Å². The molecule has 1 aliphatic heterocycles. The zero-order chi connectivity index (χ0) is 11.9. The highest BCUT2D eigenvalue weighted by Crippen LogP contribution is 2.12. The number of ether oxygens (including phenoxy) is 1. The van der Waals surface area contributed by atoms with E-state index in [-0.39, 0.29) is 0 Å². The van der Waals surface area contributed by atoms with Crippen molar-refractivity contribution in [1.29, 1.82) is 5.26 Å². The second-order valence-electron chi connectivity index (χ2n) is 4.54. The van der Waals surface area contributed by atoms with Gasteiger partial charge in [-0.1, -0.05) is 12.1 Å². The van der Waals surface area contributed by atoms with Crippen LogP contribution in [0.3, 0.4) is 0 Å². The summed E-state index contributed by atoms with van der Waals surface area (Å²) in [5.74, 6) is 0.642. The van der Waals surface area contributed by atoms with Gasteiger partial charge in [0.05, 0.1) is 24.8 Å². The van der Waals surface area contributed by atoms with E-state index in [2.05, 4.69) is 11.4 Å². The van der Waals surface area contributed by atoms with Crippen molar-refractivity contribution in [1.82, 2.24) is 5.32 Å². The quantitative estimate of drug-likeness (QED) is 0.861. The molecule has 0 aliphatic carbocycles. The molecule has 3 nitrogen and oxygen atoms in total. The van der Waals surface area contributed by atoms with Crippen molar-refractivity contribution in [3.63, 3.8) is 0 Å². The van der Waals surface area contributed by atoms with E-state index in [1.165, 1.54) is 12.8 Å². The summed E-state index contributed by atoms with van der Waals surface area (Å²) in [4.78, 5) is 0. The molecule has 1 saturated heterocycles. The first-order valence-electron chi connectivity index (χ1n) is 6.16. The van der Waals surface area contributed by atoms with Gasteiger partial charge in [-0.2, -0.15) is 5.26 Å². The van der Waals surface area contributed by atoms with E-state index in [0.717, 1.165) is 25.3 Å². The van der Waals surface area contributed by atoms with Crippen molar-refractivity contribution >= 4 is 0 Å². The lowest BCUT2D eigenvalue weighted by Gasteiger charge is -2.22. The van der Waals surface area contributed by atoms with Crippen molar-refractivity contribution in [3.05, 3.63) is 35.4 Å². The van der Waals surface area contributed by atoms with Crippen LogP contribution in [-0.4, -0.2) is 19.7 Å². The second kappa shape index (κ2) is 6.39. The molecule has 0 spiro atoms. The number of nitrogens with zero attached hydrogens (tertiary/aromatic N) is 1. The molecule has 0 bridgehead atoms. The van der Waals surface area contributed by atoms with Crippen molar-refractivity contribution in [3.8, 4) is 6.07 Å². The Hall–Kier alpha value is -1.37. The highest BCUT2D eigenvalue weighted by Gasteiger charge is 2.12. The summed E-state index contributed by atoms with van der Waals surface area (Å²) >= 11 is 0. The minimum atomic E-state index is 0.603. The average Bonchev–Trinajstić information content (AvgIpc) is 2.40. The molecule has 1 N–H and O–H groups in total. The van der Waals surface area contributed by atoms with Crippen LogP contribution in [0.1, 0.15) is 24.0 Å². The van der Waals surface area contributed by atoms with Crippen LogP contribution in [0.25, 0.3) is 0 Å². The minimum absolute atomic E-state index is 0.603. The van der Waals surface area contributed by atoms with Crippen molar-refractivity contribution in [2.24, 2.45) is 5.92 Å². The predicted octanol–water partition coefficient (Wildman–Crippen LogP) is 2.07. The molecular formula is C14H18N2O. The maximum absolute atomic E-state index is 8.79. The zero-order valence-corrected chi connectivity index (χ0v) is 9.98. The van der Waals surface area contributed by atoms with Gasteiger partial charge in [-0.05, 0) is 43.0 Å². The number of nitrogens with one attached hydrogen (secondary N) is 1. The third-order valence-corrected chi connectivity index (χ3v) is 3.08. The number of hydrogen-bond acceptors (Lipinski definition) is 3. The third kappa shape index (κ3) is 3.85. The first-order chi connectivity index (χ1) is 8.38. The van der Waals surface area contributed by atoms with Crippen molar-refractivity contribution in [2.45, 2.75) is 19.4 Å². The van der Waals surface area contributed by atoms with E-state index in [0.29, 0.717) is 18.1 Å². The van der Waals surface area contributed by atoms with Gasteiger partial charge in [0.15, 0.2) is 0 Å². The molecule has 0 aromatic heterocycles. The molecule has 2 rings (SSSR count). The average molecular weight is 230 g/mol. The minimum Gasteiger partial charge on any atom is -0.376 e. The van der Waals surface area contributed by atoms with Gasteiger partial charge in [0.2, 0.25) is 0 Å². The highest BCUT2D eigenvalue weighted by atomic mass is 16.5. The molecule has 90 valence electrons. The Morgan fingerprint density at radius 3 is 3.18 bits per heavy atom. The van der Waals surface area contributed by atoms with Crippen LogP contribution in [0.5, 0.6) is 0 Å². The van der Waals surface area contributed by atoms with Crippen LogP contribution in [0.2, 0.25) is 0 Å². The molecule has 1 aliphatic rings.